The van der Waals surface area contributed by atoms with Gasteiger partial charge in [0.1, 0.15) is 0 Å². The third-order valence-electron chi connectivity index (χ3n) is 11.0. The summed E-state index contributed by atoms with van der Waals surface area (Å²) >= 11 is 0. The smallest absolute Gasteiger partial charge is 0.166 e. The lowest BCUT2D eigenvalue weighted by molar-refractivity contribution is 1.06. The van der Waals surface area contributed by atoms with Gasteiger partial charge in [0.2, 0.25) is 0 Å². The highest BCUT2D eigenvalue weighted by molar-refractivity contribution is 6.26. The normalized spacial score (nSPS) is 11.4. The van der Waals surface area contributed by atoms with Gasteiger partial charge in [0.05, 0.1) is 39.4 Å². The molecule has 0 saturated heterocycles. The van der Waals surface area contributed by atoms with Crippen LogP contribution in [0.3, 0.4) is 0 Å². The first-order valence-corrected chi connectivity index (χ1v) is 19.3. The molecule has 0 atom stereocenters. The SMILES string of the molecule is N#Cc1ccc(-n2c3ccccc3c3ccc4c(c5ccccc5n4-c4ccccc4)c32)c(-c2nc(-c3ccccc3)nc(-c3cccc(-c4ccccc4)c3)n2)c1. The number of hydrogen-bond donors (Lipinski definition) is 0. The average Bonchev–Trinajstić information content (AvgIpc) is 3.82. The van der Waals surface area contributed by atoms with Gasteiger partial charge in [-0.3, -0.25) is 0 Å². The molecule has 0 unspecified atom stereocenters. The Morgan fingerprint density at radius 1 is 0.397 bits per heavy atom. The molecule has 0 aliphatic rings. The number of rotatable bonds is 6. The number of nitriles is 1. The molecule has 8 aromatic carbocycles. The minimum Gasteiger partial charge on any atom is -0.309 e. The van der Waals surface area contributed by atoms with Gasteiger partial charge in [-0.05, 0) is 65.7 Å². The highest BCUT2D eigenvalue weighted by Crippen LogP contribution is 2.43. The van der Waals surface area contributed by atoms with Crippen LogP contribution in [0.4, 0.5) is 0 Å². The Kier molecular flexibility index (Phi) is 7.76. The summed E-state index contributed by atoms with van der Waals surface area (Å²) in [4.78, 5) is 15.5. The molecule has 0 bridgehead atoms. The van der Waals surface area contributed by atoms with E-state index in [-0.39, 0.29) is 0 Å². The average molecular weight is 741 g/mol. The number of hydrogen-bond acceptors (Lipinski definition) is 4. The van der Waals surface area contributed by atoms with Crippen LogP contribution in [0.1, 0.15) is 5.56 Å². The molecule has 0 fully saturated rings. The summed E-state index contributed by atoms with van der Waals surface area (Å²) in [7, 11) is 0. The van der Waals surface area contributed by atoms with Crippen molar-refractivity contribution in [2.24, 2.45) is 0 Å². The molecule has 11 aromatic rings. The quantitative estimate of drug-likeness (QED) is 0.170. The number of fused-ring (bicyclic) bond motifs is 7. The van der Waals surface area contributed by atoms with E-state index in [9.17, 15) is 5.26 Å². The molecule has 270 valence electrons. The van der Waals surface area contributed by atoms with Gasteiger partial charge in [0, 0.05) is 43.9 Å². The Bertz CT molecular complexity index is 3390. The van der Waals surface area contributed by atoms with E-state index >= 15 is 0 Å². The van der Waals surface area contributed by atoms with Crippen molar-refractivity contribution in [2.45, 2.75) is 0 Å². The van der Waals surface area contributed by atoms with E-state index in [1.165, 1.54) is 0 Å². The van der Waals surface area contributed by atoms with E-state index in [0.717, 1.165) is 82.8 Å². The van der Waals surface area contributed by atoms with Crippen LogP contribution in [0.25, 0.3) is 100 Å². The van der Waals surface area contributed by atoms with Gasteiger partial charge in [0.25, 0.3) is 0 Å². The maximum Gasteiger partial charge on any atom is 0.166 e. The maximum atomic E-state index is 10.3. The van der Waals surface area contributed by atoms with Crippen molar-refractivity contribution in [1.29, 1.82) is 5.26 Å². The lowest BCUT2D eigenvalue weighted by Crippen LogP contribution is -2.04. The standard InChI is InChI=1S/C52H32N6/c53-33-34-27-29-46(43(31-34)52-55-50(36-17-6-2-7-18-36)54-51(56-52)38-20-14-19-37(32-38)35-15-4-1-5-16-35)58-44-25-12-10-23-40(44)41-28-30-47-48(49(41)58)42-24-11-13-26-45(42)57(47)39-21-8-3-9-22-39/h1-32H. The Balaban J connectivity index is 1.23. The first kappa shape index (κ1) is 33.2. The molecular formula is C52H32N6. The topological polar surface area (TPSA) is 72.3 Å². The van der Waals surface area contributed by atoms with Crippen LogP contribution in [0.5, 0.6) is 0 Å². The van der Waals surface area contributed by atoms with Crippen LogP contribution in [-0.4, -0.2) is 24.1 Å². The number of benzene rings is 8. The summed E-state index contributed by atoms with van der Waals surface area (Å²) in [5, 5.41) is 14.9. The zero-order valence-electron chi connectivity index (χ0n) is 31.2. The molecule has 0 saturated carbocycles. The van der Waals surface area contributed by atoms with Gasteiger partial charge in [-0.2, -0.15) is 5.26 Å². The third-order valence-corrected chi connectivity index (χ3v) is 11.0. The largest absolute Gasteiger partial charge is 0.309 e. The van der Waals surface area contributed by atoms with Crippen LogP contribution >= 0.6 is 0 Å². The lowest BCUT2D eigenvalue weighted by Gasteiger charge is -2.16. The molecule has 0 radical (unpaired) electrons. The molecule has 0 aliphatic heterocycles. The van der Waals surface area contributed by atoms with E-state index in [2.05, 4.69) is 130 Å². The monoisotopic (exact) mass is 740 g/mol. The maximum absolute atomic E-state index is 10.3. The van der Waals surface area contributed by atoms with Crippen molar-refractivity contribution in [2.75, 3.05) is 0 Å². The fourth-order valence-corrected chi connectivity index (χ4v) is 8.40. The Morgan fingerprint density at radius 2 is 0.983 bits per heavy atom. The second-order valence-electron chi connectivity index (χ2n) is 14.4. The molecule has 11 rings (SSSR count). The third kappa shape index (κ3) is 5.37. The van der Waals surface area contributed by atoms with E-state index in [0.29, 0.717) is 23.0 Å². The van der Waals surface area contributed by atoms with E-state index < -0.39 is 0 Å². The van der Waals surface area contributed by atoms with Gasteiger partial charge in [-0.15, -0.1) is 0 Å². The Morgan fingerprint density at radius 3 is 1.72 bits per heavy atom. The molecule has 0 aliphatic carbocycles. The fourth-order valence-electron chi connectivity index (χ4n) is 8.40. The minimum absolute atomic E-state index is 0.478. The van der Waals surface area contributed by atoms with Crippen LogP contribution in [0.15, 0.2) is 194 Å². The van der Waals surface area contributed by atoms with Gasteiger partial charge in [-0.1, -0.05) is 140 Å². The Labute approximate surface area is 334 Å². The summed E-state index contributed by atoms with van der Waals surface area (Å²) in [6.07, 6.45) is 0. The van der Waals surface area contributed by atoms with Crippen LogP contribution in [0.2, 0.25) is 0 Å². The molecule has 0 N–H and O–H groups in total. The van der Waals surface area contributed by atoms with Gasteiger partial charge < -0.3 is 9.13 Å². The summed E-state index contributed by atoms with van der Waals surface area (Å²) < 4.78 is 4.69. The summed E-state index contributed by atoms with van der Waals surface area (Å²) in [6.45, 7) is 0. The molecule has 3 heterocycles. The van der Waals surface area contributed by atoms with E-state index in [4.69, 9.17) is 15.0 Å². The van der Waals surface area contributed by atoms with Crippen LogP contribution in [0, 0.1) is 11.3 Å². The van der Waals surface area contributed by atoms with E-state index in [1.54, 1.807) is 0 Å². The van der Waals surface area contributed by atoms with Crippen molar-refractivity contribution in [3.63, 3.8) is 0 Å². The zero-order valence-corrected chi connectivity index (χ0v) is 31.2. The predicted octanol–water partition coefficient (Wildman–Crippen LogP) is 12.6. The van der Waals surface area contributed by atoms with Gasteiger partial charge >= 0.3 is 0 Å². The molecule has 6 heteroatoms. The molecule has 6 nitrogen and oxygen atoms in total. The van der Waals surface area contributed by atoms with Crippen molar-refractivity contribution in [3.05, 3.63) is 200 Å². The molecule has 3 aromatic heterocycles. The summed E-state index contributed by atoms with van der Waals surface area (Å²) in [5.74, 6) is 1.57. The first-order chi connectivity index (χ1) is 28.7. The minimum atomic E-state index is 0.478. The molecule has 0 amide bonds. The van der Waals surface area contributed by atoms with Crippen molar-refractivity contribution in [3.8, 4) is 62.7 Å². The second kappa shape index (κ2) is 13.6. The summed E-state index contributed by atoms with van der Waals surface area (Å²) in [5.41, 5.74) is 11.5. The predicted molar refractivity (Wildman–Crippen MR) is 235 cm³/mol. The van der Waals surface area contributed by atoms with Crippen molar-refractivity contribution < 1.29 is 0 Å². The van der Waals surface area contributed by atoms with Gasteiger partial charge in [0.15, 0.2) is 17.5 Å². The molecule has 58 heavy (non-hydrogen) atoms. The van der Waals surface area contributed by atoms with Crippen LogP contribution in [-0.2, 0) is 0 Å². The lowest BCUT2D eigenvalue weighted by atomic mass is 10.0. The van der Waals surface area contributed by atoms with Crippen molar-refractivity contribution >= 4 is 43.6 Å². The summed E-state index contributed by atoms with van der Waals surface area (Å²) in [6, 6.07) is 69.0. The molecule has 0 spiro atoms. The number of aromatic nitrogens is 5. The van der Waals surface area contributed by atoms with Gasteiger partial charge in [-0.25, -0.2) is 15.0 Å². The van der Waals surface area contributed by atoms with E-state index in [1.807, 2.05) is 78.9 Å². The Hall–Kier alpha value is -8.14. The highest BCUT2D eigenvalue weighted by atomic mass is 15.1. The number of para-hydroxylation sites is 3. The fraction of sp³-hybridized carbons (Fsp3) is 0. The first-order valence-electron chi connectivity index (χ1n) is 19.3. The molecular weight excluding hydrogens is 709 g/mol. The highest BCUT2D eigenvalue weighted by Gasteiger charge is 2.24. The zero-order chi connectivity index (χ0) is 38.6. The van der Waals surface area contributed by atoms with Crippen LogP contribution < -0.4 is 0 Å². The van der Waals surface area contributed by atoms with Crippen molar-refractivity contribution in [1.82, 2.24) is 24.1 Å². The second-order valence-corrected chi connectivity index (χ2v) is 14.4. The number of nitrogens with zero attached hydrogens (tertiary/aromatic N) is 6.